The molecule has 1 aromatic heterocycles. The van der Waals surface area contributed by atoms with Crippen LogP contribution in [0, 0.1) is 13.8 Å². The van der Waals surface area contributed by atoms with E-state index in [0.29, 0.717) is 17.9 Å². The lowest BCUT2D eigenvalue weighted by atomic mass is 10.1. The SMILES string of the molecule is Cc1cc(C(N)=O)cc(NCc2cccc(N)c2C)n1. The first-order valence-electron chi connectivity index (χ1n) is 6.33. The number of carbonyl (C=O) groups excluding carboxylic acids is 1. The van der Waals surface area contributed by atoms with Crippen molar-refractivity contribution < 1.29 is 4.79 Å². The lowest BCUT2D eigenvalue weighted by Crippen LogP contribution is -2.13. The molecule has 1 aromatic carbocycles. The number of amides is 1. The molecular formula is C15H18N4O. The smallest absolute Gasteiger partial charge is 0.248 e. The number of nitrogens with zero attached hydrogens (tertiary/aromatic N) is 1. The fourth-order valence-electron chi connectivity index (χ4n) is 1.98. The van der Waals surface area contributed by atoms with Gasteiger partial charge in [0.1, 0.15) is 5.82 Å². The summed E-state index contributed by atoms with van der Waals surface area (Å²) in [4.78, 5) is 15.6. The van der Waals surface area contributed by atoms with Crippen LogP contribution in [0.3, 0.4) is 0 Å². The Morgan fingerprint density at radius 1 is 1.30 bits per heavy atom. The molecule has 2 rings (SSSR count). The van der Waals surface area contributed by atoms with E-state index < -0.39 is 5.91 Å². The summed E-state index contributed by atoms with van der Waals surface area (Å²) in [5.74, 6) is 0.166. The number of aromatic nitrogens is 1. The first-order valence-corrected chi connectivity index (χ1v) is 6.33. The summed E-state index contributed by atoms with van der Waals surface area (Å²) >= 11 is 0. The predicted molar refractivity (Wildman–Crippen MR) is 80.4 cm³/mol. The van der Waals surface area contributed by atoms with E-state index >= 15 is 0 Å². The van der Waals surface area contributed by atoms with Crippen molar-refractivity contribution in [3.05, 3.63) is 52.7 Å². The van der Waals surface area contributed by atoms with Gasteiger partial charge in [-0.1, -0.05) is 12.1 Å². The highest BCUT2D eigenvalue weighted by Gasteiger charge is 2.06. The van der Waals surface area contributed by atoms with Gasteiger partial charge in [0.2, 0.25) is 5.91 Å². The Kier molecular flexibility index (Phi) is 3.89. The van der Waals surface area contributed by atoms with Crippen molar-refractivity contribution in [2.45, 2.75) is 20.4 Å². The average molecular weight is 270 g/mol. The molecule has 0 radical (unpaired) electrons. The Bertz CT molecular complexity index is 652. The van der Waals surface area contributed by atoms with Crippen molar-refractivity contribution >= 4 is 17.4 Å². The topological polar surface area (TPSA) is 94.0 Å². The van der Waals surface area contributed by atoms with Crippen LogP contribution in [0.15, 0.2) is 30.3 Å². The maximum atomic E-state index is 11.2. The van der Waals surface area contributed by atoms with Crippen LogP contribution in [0.2, 0.25) is 0 Å². The van der Waals surface area contributed by atoms with Gasteiger partial charge in [0.15, 0.2) is 0 Å². The van der Waals surface area contributed by atoms with E-state index in [2.05, 4.69) is 10.3 Å². The zero-order valence-corrected chi connectivity index (χ0v) is 11.6. The second-order valence-corrected chi connectivity index (χ2v) is 4.73. The molecule has 0 aliphatic heterocycles. The molecule has 1 heterocycles. The highest BCUT2D eigenvalue weighted by molar-refractivity contribution is 5.93. The molecule has 0 saturated carbocycles. The number of rotatable bonds is 4. The molecule has 104 valence electrons. The Morgan fingerprint density at radius 3 is 2.75 bits per heavy atom. The van der Waals surface area contributed by atoms with E-state index in [9.17, 15) is 4.79 Å². The first kappa shape index (κ1) is 13.9. The summed E-state index contributed by atoms with van der Waals surface area (Å²) in [7, 11) is 0. The molecule has 1 amide bonds. The van der Waals surface area contributed by atoms with Crippen molar-refractivity contribution in [2.75, 3.05) is 11.1 Å². The minimum absolute atomic E-state index is 0.448. The van der Waals surface area contributed by atoms with E-state index in [1.807, 2.05) is 32.0 Å². The van der Waals surface area contributed by atoms with Crippen LogP contribution in [0.5, 0.6) is 0 Å². The minimum atomic E-state index is -0.460. The van der Waals surface area contributed by atoms with Crippen molar-refractivity contribution in [1.29, 1.82) is 0 Å². The summed E-state index contributed by atoms with van der Waals surface area (Å²) in [5, 5.41) is 3.19. The fourth-order valence-corrected chi connectivity index (χ4v) is 1.98. The zero-order valence-electron chi connectivity index (χ0n) is 11.6. The lowest BCUT2D eigenvalue weighted by molar-refractivity contribution is 0.1000. The van der Waals surface area contributed by atoms with Gasteiger partial charge < -0.3 is 16.8 Å². The number of hydrogen-bond donors (Lipinski definition) is 3. The molecule has 5 nitrogen and oxygen atoms in total. The minimum Gasteiger partial charge on any atom is -0.399 e. The van der Waals surface area contributed by atoms with E-state index in [4.69, 9.17) is 11.5 Å². The fraction of sp³-hybridized carbons (Fsp3) is 0.200. The van der Waals surface area contributed by atoms with Gasteiger partial charge in [0, 0.05) is 23.5 Å². The molecule has 0 unspecified atom stereocenters. The number of carbonyl (C=O) groups is 1. The monoisotopic (exact) mass is 270 g/mol. The van der Waals surface area contributed by atoms with E-state index in [-0.39, 0.29) is 0 Å². The molecular weight excluding hydrogens is 252 g/mol. The number of nitrogens with two attached hydrogens (primary N) is 2. The van der Waals surface area contributed by atoms with Gasteiger partial charge in [-0.3, -0.25) is 4.79 Å². The van der Waals surface area contributed by atoms with Crippen LogP contribution in [-0.4, -0.2) is 10.9 Å². The average Bonchev–Trinajstić information content (AvgIpc) is 2.40. The van der Waals surface area contributed by atoms with Crippen molar-refractivity contribution in [1.82, 2.24) is 4.98 Å². The van der Waals surface area contributed by atoms with E-state index in [1.165, 1.54) is 0 Å². The largest absolute Gasteiger partial charge is 0.399 e. The molecule has 20 heavy (non-hydrogen) atoms. The molecule has 0 saturated heterocycles. The van der Waals surface area contributed by atoms with E-state index in [1.54, 1.807) is 12.1 Å². The second-order valence-electron chi connectivity index (χ2n) is 4.73. The summed E-state index contributed by atoms with van der Waals surface area (Å²) in [5.41, 5.74) is 15.3. The van der Waals surface area contributed by atoms with Gasteiger partial charge in [0.25, 0.3) is 0 Å². The lowest BCUT2D eigenvalue weighted by Gasteiger charge is -2.11. The van der Waals surface area contributed by atoms with Gasteiger partial charge in [-0.2, -0.15) is 0 Å². The van der Waals surface area contributed by atoms with Crippen molar-refractivity contribution in [2.24, 2.45) is 5.73 Å². The maximum absolute atomic E-state index is 11.2. The molecule has 0 atom stereocenters. The number of aryl methyl sites for hydroxylation is 1. The molecule has 5 N–H and O–H groups in total. The molecule has 0 bridgehead atoms. The number of benzene rings is 1. The normalized spacial score (nSPS) is 10.3. The zero-order chi connectivity index (χ0) is 14.7. The molecule has 2 aromatic rings. The van der Waals surface area contributed by atoms with Crippen LogP contribution in [-0.2, 0) is 6.54 Å². The Labute approximate surface area is 118 Å². The number of primary amides is 1. The Hall–Kier alpha value is -2.56. The van der Waals surface area contributed by atoms with Crippen LogP contribution < -0.4 is 16.8 Å². The van der Waals surface area contributed by atoms with Crippen LogP contribution in [0.25, 0.3) is 0 Å². The quantitative estimate of drug-likeness (QED) is 0.740. The van der Waals surface area contributed by atoms with E-state index in [0.717, 1.165) is 22.5 Å². The highest BCUT2D eigenvalue weighted by atomic mass is 16.1. The number of hydrogen-bond acceptors (Lipinski definition) is 4. The van der Waals surface area contributed by atoms with Gasteiger partial charge in [0.05, 0.1) is 0 Å². The van der Waals surface area contributed by atoms with Crippen LogP contribution >= 0.6 is 0 Å². The van der Waals surface area contributed by atoms with Crippen molar-refractivity contribution in [3.8, 4) is 0 Å². The van der Waals surface area contributed by atoms with Crippen LogP contribution in [0.4, 0.5) is 11.5 Å². The van der Waals surface area contributed by atoms with Crippen LogP contribution in [0.1, 0.15) is 27.2 Å². The number of pyridine rings is 1. The summed E-state index contributed by atoms with van der Waals surface area (Å²) in [6.45, 7) is 4.39. The Balaban J connectivity index is 2.19. The number of anilines is 2. The van der Waals surface area contributed by atoms with Gasteiger partial charge in [-0.05, 0) is 43.2 Å². The molecule has 0 aliphatic rings. The standard InChI is InChI=1S/C15H18N4O/c1-9-6-12(15(17)20)7-14(19-9)18-8-11-4-3-5-13(16)10(11)2/h3-7H,8,16H2,1-2H3,(H2,17,20)(H,18,19). The number of nitrogens with one attached hydrogen (secondary N) is 1. The number of nitrogen functional groups attached to an aromatic ring is 1. The highest BCUT2D eigenvalue weighted by Crippen LogP contribution is 2.17. The molecule has 0 fully saturated rings. The van der Waals surface area contributed by atoms with Gasteiger partial charge in [-0.25, -0.2) is 4.98 Å². The van der Waals surface area contributed by atoms with Crippen molar-refractivity contribution in [3.63, 3.8) is 0 Å². The predicted octanol–water partition coefficient (Wildman–Crippen LogP) is 1.99. The molecule has 0 spiro atoms. The maximum Gasteiger partial charge on any atom is 0.248 e. The summed E-state index contributed by atoms with van der Waals surface area (Å²) in [6.07, 6.45) is 0. The third-order valence-corrected chi connectivity index (χ3v) is 3.19. The summed E-state index contributed by atoms with van der Waals surface area (Å²) in [6, 6.07) is 9.10. The molecule has 0 aliphatic carbocycles. The Morgan fingerprint density at radius 2 is 2.05 bits per heavy atom. The summed E-state index contributed by atoms with van der Waals surface area (Å²) < 4.78 is 0. The third-order valence-electron chi connectivity index (χ3n) is 3.19. The first-order chi connectivity index (χ1) is 9.47. The second kappa shape index (κ2) is 5.61. The van der Waals surface area contributed by atoms with Gasteiger partial charge >= 0.3 is 0 Å². The van der Waals surface area contributed by atoms with Gasteiger partial charge in [-0.15, -0.1) is 0 Å². The molecule has 5 heteroatoms. The third kappa shape index (κ3) is 3.06.